The molecule has 2 N–H and O–H groups in total. The van der Waals surface area contributed by atoms with Crippen molar-refractivity contribution < 1.29 is 9.18 Å². The zero-order valence-electron chi connectivity index (χ0n) is 11.3. The first-order chi connectivity index (χ1) is 9.63. The topological polar surface area (TPSA) is 41.1 Å². The second-order valence-electron chi connectivity index (χ2n) is 4.60. The molecule has 1 amide bonds. The van der Waals surface area contributed by atoms with Crippen molar-refractivity contribution in [3.63, 3.8) is 0 Å². The van der Waals surface area contributed by atoms with Crippen molar-refractivity contribution >= 4 is 17.3 Å². The minimum absolute atomic E-state index is 0.143. The molecule has 0 aliphatic carbocycles. The molecule has 104 valence electrons. The number of carbonyl (C=O) groups excluding carboxylic acids is 1. The summed E-state index contributed by atoms with van der Waals surface area (Å²) >= 11 is 0. The fourth-order valence-electron chi connectivity index (χ4n) is 1.78. The van der Waals surface area contributed by atoms with Crippen LogP contribution < -0.4 is 10.6 Å². The van der Waals surface area contributed by atoms with Gasteiger partial charge in [-0.2, -0.15) is 0 Å². The molecule has 0 saturated heterocycles. The zero-order chi connectivity index (χ0) is 14.4. The molecule has 0 radical (unpaired) electrons. The number of carbonyl (C=O) groups is 1. The van der Waals surface area contributed by atoms with Crippen LogP contribution in [0.2, 0.25) is 0 Å². The zero-order valence-corrected chi connectivity index (χ0v) is 11.3. The van der Waals surface area contributed by atoms with Crippen LogP contribution in [-0.4, -0.2) is 12.5 Å². The highest BCUT2D eigenvalue weighted by molar-refractivity contribution is 5.90. The van der Waals surface area contributed by atoms with Crippen molar-refractivity contribution in [2.75, 3.05) is 17.2 Å². The normalized spacial score (nSPS) is 10.1. The van der Waals surface area contributed by atoms with E-state index in [9.17, 15) is 9.18 Å². The maximum atomic E-state index is 13.0. The Morgan fingerprint density at radius 2 is 1.85 bits per heavy atom. The number of aryl methyl sites for hydroxylation is 1. The van der Waals surface area contributed by atoms with Gasteiger partial charge in [0, 0.05) is 24.3 Å². The van der Waals surface area contributed by atoms with Crippen LogP contribution in [0.25, 0.3) is 0 Å². The van der Waals surface area contributed by atoms with E-state index in [4.69, 9.17) is 0 Å². The van der Waals surface area contributed by atoms with Crippen molar-refractivity contribution in [1.82, 2.24) is 0 Å². The predicted octanol–water partition coefficient (Wildman–Crippen LogP) is 3.57. The lowest BCUT2D eigenvalue weighted by Gasteiger charge is -2.08. The van der Waals surface area contributed by atoms with Crippen LogP contribution in [0.5, 0.6) is 0 Å². The molecule has 0 aliphatic rings. The highest BCUT2D eigenvalue weighted by atomic mass is 19.1. The van der Waals surface area contributed by atoms with Gasteiger partial charge in [-0.1, -0.05) is 23.8 Å². The van der Waals surface area contributed by atoms with Crippen molar-refractivity contribution in [3.05, 3.63) is 59.9 Å². The maximum Gasteiger partial charge on any atom is 0.226 e. The molecule has 3 nitrogen and oxygen atoms in total. The molecule has 0 bridgehead atoms. The van der Waals surface area contributed by atoms with Crippen LogP contribution in [0, 0.1) is 12.7 Å². The molecule has 0 atom stereocenters. The quantitative estimate of drug-likeness (QED) is 0.873. The Bertz CT molecular complexity index is 581. The number of amides is 1. The van der Waals surface area contributed by atoms with Gasteiger partial charge in [-0.25, -0.2) is 4.39 Å². The number of hydrogen-bond acceptors (Lipinski definition) is 2. The van der Waals surface area contributed by atoms with E-state index in [1.165, 1.54) is 17.7 Å². The van der Waals surface area contributed by atoms with Gasteiger partial charge in [-0.3, -0.25) is 4.79 Å². The van der Waals surface area contributed by atoms with Crippen LogP contribution in [0.3, 0.4) is 0 Å². The minimum atomic E-state index is -0.361. The average Bonchev–Trinajstić information content (AvgIpc) is 2.41. The van der Waals surface area contributed by atoms with Gasteiger partial charge >= 0.3 is 0 Å². The summed E-state index contributed by atoms with van der Waals surface area (Å²) in [6, 6.07) is 13.8. The largest absolute Gasteiger partial charge is 0.385 e. The molecule has 4 heteroatoms. The van der Waals surface area contributed by atoms with Crippen molar-refractivity contribution in [3.8, 4) is 0 Å². The van der Waals surface area contributed by atoms with E-state index in [0.29, 0.717) is 18.7 Å². The van der Waals surface area contributed by atoms with Crippen LogP contribution in [0.4, 0.5) is 15.8 Å². The number of hydrogen-bond donors (Lipinski definition) is 2. The van der Waals surface area contributed by atoms with Gasteiger partial charge < -0.3 is 10.6 Å². The van der Waals surface area contributed by atoms with E-state index in [-0.39, 0.29) is 11.7 Å². The number of anilines is 2. The van der Waals surface area contributed by atoms with E-state index in [2.05, 4.69) is 10.6 Å². The second-order valence-corrected chi connectivity index (χ2v) is 4.60. The first kappa shape index (κ1) is 14.1. The Labute approximate surface area is 117 Å². The van der Waals surface area contributed by atoms with Crippen LogP contribution in [-0.2, 0) is 4.79 Å². The molecule has 0 fully saturated rings. The Hall–Kier alpha value is -2.36. The summed E-state index contributed by atoms with van der Waals surface area (Å²) in [5.74, 6) is -0.504. The van der Waals surface area contributed by atoms with Crippen LogP contribution in [0.15, 0.2) is 48.5 Å². The van der Waals surface area contributed by atoms with Gasteiger partial charge in [0.1, 0.15) is 5.82 Å². The summed E-state index contributed by atoms with van der Waals surface area (Å²) in [6.45, 7) is 2.56. The lowest BCUT2D eigenvalue weighted by molar-refractivity contribution is -0.115. The molecular formula is C16H17FN2O. The lowest BCUT2D eigenvalue weighted by atomic mass is 10.2. The van der Waals surface area contributed by atoms with E-state index in [0.717, 1.165) is 5.69 Å². The fourth-order valence-corrected chi connectivity index (χ4v) is 1.78. The lowest BCUT2D eigenvalue weighted by Crippen LogP contribution is -2.16. The summed E-state index contributed by atoms with van der Waals surface area (Å²) in [7, 11) is 0. The second kappa shape index (κ2) is 6.70. The first-order valence-electron chi connectivity index (χ1n) is 6.49. The standard InChI is InChI=1S/C16H17FN2O/c1-12-5-7-14(8-6-12)18-10-9-16(20)19-15-4-2-3-13(17)11-15/h2-8,11,18H,9-10H2,1H3,(H,19,20). The summed E-state index contributed by atoms with van der Waals surface area (Å²) < 4.78 is 13.0. The Balaban J connectivity index is 1.76. The predicted molar refractivity (Wildman–Crippen MR) is 79.3 cm³/mol. The summed E-state index contributed by atoms with van der Waals surface area (Å²) in [5.41, 5.74) is 2.65. The Morgan fingerprint density at radius 3 is 2.55 bits per heavy atom. The van der Waals surface area contributed by atoms with E-state index in [1.807, 2.05) is 31.2 Å². The summed E-state index contributed by atoms with van der Waals surface area (Å²) in [6.07, 6.45) is 0.324. The fraction of sp³-hybridized carbons (Fsp3) is 0.188. The number of halogens is 1. The van der Waals surface area contributed by atoms with Crippen molar-refractivity contribution in [2.24, 2.45) is 0 Å². The van der Waals surface area contributed by atoms with Crippen molar-refractivity contribution in [1.29, 1.82) is 0 Å². The highest BCUT2D eigenvalue weighted by Crippen LogP contribution is 2.10. The molecular weight excluding hydrogens is 255 g/mol. The number of nitrogens with one attached hydrogen (secondary N) is 2. The third-order valence-corrected chi connectivity index (χ3v) is 2.84. The third kappa shape index (κ3) is 4.39. The first-order valence-corrected chi connectivity index (χ1v) is 6.49. The molecule has 2 rings (SSSR count). The monoisotopic (exact) mass is 272 g/mol. The molecule has 0 aliphatic heterocycles. The molecule has 0 spiro atoms. The van der Waals surface area contributed by atoms with Gasteiger partial charge in [0.15, 0.2) is 0 Å². The summed E-state index contributed by atoms with van der Waals surface area (Å²) in [4.78, 5) is 11.7. The average molecular weight is 272 g/mol. The molecule has 20 heavy (non-hydrogen) atoms. The smallest absolute Gasteiger partial charge is 0.226 e. The van der Waals surface area contributed by atoms with E-state index in [1.54, 1.807) is 12.1 Å². The minimum Gasteiger partial charge on any atom is -0.385 e. The molecule has 0 aromatic heterocycles. The maximum absolute atomic E-state index is 13.0. The molecule has 0 unspecified atom stereocenters. The molecule has 2 aromatic rings. The molecule has 2 aromatic carbocycles. The Kier molecular flexibility index (Phi) is 4.71. The molecule has 0 heterocycles. The van der Waals surface area contributed by atoms with Crippen molar-refractivity contribution in [2.45, 2.75) is 13.3 Å². The Morgan fingerprint density at radius 1 is 1.10 bits per heavy atom. The van der Waals surface area contributed by atoms with Crippen LogP contribution in [0.1, 0.15) is 12.0 Å². The van der Waals surface area contributed by atoms with Gasteiger partial charge in [-0.05, 0) is 37.3 Å². The summed E-state index contributed by atoms with van der Waals surface area (Å²) in [5, 5.41) is 5.82. The van der Waals surface area contributed by atoms with E-state index >= 15 is 0 Å². The molecule has 0 saturated carbocycles. The highest BCUT2D eigenvalue weighted by Gasteiger charge is 2.02. The number of benzene rings is 2. The van der Waals surface area contributed by atoms with Gasteiger partial charge in [-0.15, -0.1) is 0 Å². The SMILES string of the molecule is Cc1ccc(NCCC(=O)Nc2cccc(F)c2)cc1. The van der Waals surface area contributed by atoms with Gasteiger partial charge in [0.05, 0.1) is 0 Å². The van der Waals surface area contributed by atoms with Gasteiger partial charge in [0.2, 0.25) is 5.91 Å². The third-order valence-electron chi connectivity index (χ3n) is 2.84. The van der Waals surface area contributed by atoms with Gasteiger partial charge in [0.25, 0.3) is 0 Å². The van der Waals surface area contributed by atoms with Crippen LogP contribution >= 0.6 is 0 Å². The van der Waals surface area contributed by atoms with E-state index < -0.39 is 0 Å². The number of rotatable bonds is 5.